The van der Waals surface area contributed by atoms with Gasteiger partial charge in [0.15, 0.2) is 5.82 Å². The Morgan fingerprint density at radius 3 is 2.83 bits per heavy atom. The highest BCUT2D eigenvalue weighted by Crippen LogP contribution is 2.35. The van der Waals surface area contributed by atoms with Crippen LogP contribution < -0.4 is 16.0 Å². The Labute approximate surface area is 211 Å². The molecule has 2 aromatic heterocycles. The third kappa shape index (κ3) is 4.17. The highest BCUT2D eigenvalue weighted by molar-refractivity contribution is 5.72. The van der Waals surface area contributed by atoms with Crippen molar-refractivity contribution in [1.29, 1.82) is 5.26 Å². The number of nitriles is 1. The SMILES string of the molecule is N#Cc1ccc(-c2cc3n(c2)Cc2cc(N4CCC(CNCCCN)C4)ccc2-n2cnnc2-3)cc1. The van der Waals surface area contributed by atoms with Crippen LogP contribution in [0.25, 0.3) is 28.3 Å². The van der Waals surface area contributed by atoms with Crippen LogP contribution in [0.15, 0.2) is 61.1 Å². The molecule has 0 saturated carbocycles. The third-order valence-corrected chi connectivity index (χ3v) is 7.33. The van der Waals surface area contributed by atoms with Crippen LogP contribution in [0.2, 0.25) is 0 Å². The maximum absolute atomic E-state index is 9.13. The van der Waals surface area contributed by atoms with E-state index in [0.717, 1.165) is 74.0 Å². The van der Waals surface area contributed by atoms with Gasteiger partial charge in [0.2, 0.25) is 0 Å². The molecular formula is C28H30N8. The molecule has 2 aliphatic heterocycles. The van der Waals surface area contributed by atoms with Crippen LogP contribution in [0.1, 0.15) is 24.0 Å². The van der Waals surface area contributed by atoms with Gasteiger partial charge >= 0.3 is 0 Å². The second-order valence-electron chi connectivity index (χ2n) is 9.72. The van der Waals surface area contributed by atoms with E-state index in [4.69, 9.17) is 11.0 Å². The number of nitrogens with zero attached hydrogens (tertiary/aromatic N) is 6. The maximum Gasteiger partial charge on any atom is 0.185 e. The molecule has 0 bridgehead atoms. The summed E-state index contributed by atoms with van der Waals surface area (Å²) >= 11 is 0. The van der Waals surface area contributed by atoms with Gasteiger partial charge in [0.25, 0.3) is 0 Å². The zero-order valence-electron chi connectivity index (χ0n) is 20.3. The molecule has 2 aliphatic rings. The van der Waals surface area contributed by atoms with E-state index in [9.17, 15) is 0 Å². The summed E-state index contributed by atoms with van der Waals surface area (Å²) < 4.78 is 4.35. The number of benzene rings is 2. The summed E-state index contributed by atoms with van der Waals surface area (Å²) in [5.74, 6) is 1.50. The van der Waals surface area contributed by atoms with Gasteiger partial charge in [0.05, 0.1) is 23.0 Å². The smallest absolute Gasteiger partial charge is 0.185 e. The Balaban J connectivity index is 1.28. The summed E-state index contributed by atoms with van der Waals surface area (Å²) in [6.07, 6.45) is 6.21. The fourth-order valence-electron chi connectivity index (χ4n) is 5.39. The number of hydrogen-bond donors (Lipinski definition) is 2. The Bertz CT molecular complexity index is 1410. The Morgan fingerprint density at radius 1 is 1.11 bits per heavy atom. The van der Waals surface area contributed by atoms with Gasteiger partial charge in [-0.25, -0.2) is 0 Å². The first-order valence-electron chi connectivity index (χ1n) is 12.6. The molecule has 8 heteroatoms. The second-order valence-corrected chi connectivity index (χ2v) is 9.72. The van der Waals surface area contributed by atoms with E-state index < -0.39 is 0 Å². The van der Waals surface area contributed by atoms with Crippen molar-refractivity contribution in [3.63, 3.8) is 0 Å². The molecule has 4 aromatic rings. The van der Waals surface area contributed by atoms with Crippen LogP contribution >= 0.6 is 0 Å². The highest BCUT2D eigenvalue weighted by Gasteiger charge is 2.25. The van der Waals surface area contributed by atoms with Gasteiger partial charge in [-0.1, -0.05) is 12.1 Å². The van der Waals surface area contributed by atoms with Gasteiger partial charge in [-0.3, -0.25) is 4.57 Å². The van der Waals surface area contributed by atoms with E-state index in [1.165, 1.54) is 17.7 Å². The summed E-state index contributed by atoms with van der Waals surface area (Å²) in [4.78, 5) is 2.51. The minimum atomic E-state index is 0.663. The number of fused-ring (bicyclic) bond motifs is 5. The van der Waals surface area contributed by atoms with Gasteiger partial charge < -0.3 is 20.5 Å². The number of hydrogen-bond acceptors (Lipinski definition) is 6. The molecule has 0 spiro atoms. The molecule has 0 amide bonds. The quantitative estimate of drug-likeness (QED) is 0.348. The van der Waals surface area contributed by atoms with E-state index in [2.05, 4.69) is 66.1 Å². The zero-order valence-corrected chi connectivity index (χ0v) is 20.3. The first kappa shape index (κ1) is 22.5. The number of nitrogens with two attached hydrogens (primary N) is 1. The Hall–Kier alpha value is -3.93. The maximum atomic E-state index is 9.13. The average molecular weight is 479 g/mol. The molecule has 3 N–H and O–H groups in total. The first-order chi connectivity index (χ1) is 17.7. The number of nitrogens with one attached hydrogen (secondary N) is 1. The summed E-state index contributed by atoms with van der Waals surface area (Å²) in [5.41, 5.74) is 13.1. The van der Waals surface area contributed by atoms with Crippen LogP contribution in [0, 0.1) is 17.2 Å². The Kier molecular flexibility index (Phi) is 6.01. The van der Waals surface area contributed by atoms with E-state index in [1.807, 2.05) is 24.3 Å². The molecule has 4 heterocycles. The van der Waals surface area contributed by atoms with Crippen molar-refractivity contribution < 1.29 is 0 Å². The van der Waals surface area contributed by atoms with Crippen LogP contribution in [0.4, 0.5) is 5.69 Å². The van der Waals surface area contributed by atoms with Gasteiger partial charge in [-0.15, -0.1) is 10.2 Å². The Morgan fingerprint density at radius 2 is 2.00 bits per heavy atom. The summed E-state index contributed by atoms with van der Waals surface area (Å²) in [5, 5.41) is 21.4. The lowest BCUT2D eigenvalue weighted by Gasteiger charge is -2.21. The highest BCUT2D eigenvalue weighted by atomic mass is 15.3. The van der Waals surface area contributed by atoms with Crippen molar-refractivity contribution in [1.82, 2.24) is 24.6 Å². The van der Waals surface area contributed by atoms with Crippen LogP contribution in [0.3, 0.4) is 0 Å². The number of rotatable bonds is 7. The largest absolute Gasteiger partial charge is 0.371 e. The monoisotopic (exact) mass is 478 g/mol. The van der Waals surface area contributed by atoms with E-state index in [-0.39, 0.29) is 0 Å². The van der Waals surface area contributed by atoms with Gasteiger partial charge in [-0.2, -0.15) is 5.26 Å². The van der Waals surface area contributed by atoms with E-state index in [0.29, 0.717) is 11.5 Å². The molecule has 0 radical (unpaired) electrons. The lowest BCUT2D eigenvalue weighted by Crippen LogP contribution is -2.28. The summed E-state index contributed by atoms with van der Waals surface area (Å²) in [6.45, 7) is 5.70. The second kappa shape index (κ2) is 9.61. The van der Waals surface area contributed by atoms with Crippen molar-refractivity contribution >= 4 is 5.69 Å². The predicted octanol–water partition coefficient (Wildman–Crippen LogP) is 3.40. The molecular weight excluding hydrogens is 448 g/mol. The van der Waals surface area contributed by atoms with Crippen molar-refractivity contribution in [2.24, 2.45) is 11.7 Å². The molecule has 1 unspecified atom stereocenters. The van der Waals surface area contributed by atoms with Crippen LogP contribution in [-0.2, 0) is 6.54 Å². The van der Waals surface area contributed by atoms with Crippen molar-refractivity contribution in [3.8, 4) is 34.4 Å². The molecule has 0 aliphatic carbocycles. The van der Waals surface area contributed by atoms with Gasteiger partial charge in [-0.05, 0) is 85.9 Å². The van der Waals surface area contributed by atoms with E-state index >= 15 is 0 Å². The minimum absolute atomic E-state index is 0.663. The molecule has 1 saturated heterocycles. The molecule has 1 atom stereocenters. The number of aromatic nitrogens is 4. The zero-order chi connectivity index (χ0) is 24.5. The first-order valence-corrected chi connectivity index (χ1v) is 12.6. The van der Waals surface area contributed by atoms with Crippen LogP contribution in [0.5, 0.6) is 0 Å². The lowest BCUT2D eigenvalue weighted by molar-refractivity contribution is 0.513. The normalized spacial score (nSPS) is 16.2. The standard InChI is InChI=1S/C28H30N8/c29-9-1-10-31-15-21-8-11-34(16-21)25-6-7-26-24(12-25)18-35-17-23(22-4-2-20(14-30)3-5-22)13-27(35)28-33-32-19-36(26)28/h2-7,12-13,17,19,21,31H,1,8-11,15-16,18,29H2. The molecule has 8 nitrogen and oxygen atoms in total. The van der Waals surface area contributed by atoms with Crippen molar-refractivity contribution in [3.05, 3.63) is 72.2 Å². The predicted molar refractivity (Wildman–Crippen MR) is 141 cm³/mol. The summed E-state index contributed by atoms with van der Waals surface area (Å²) in [6, 6.07) is 18.8. The average Bonchev–Trinajstić information content (AvgIpc) is 3.66. The minimum Gasteiger partial charge on any atom is -0.371 e. The topological polar surface area (TPSA) is 101 Å². The van der Waals surface area contributed by atoms with Crippen molar-refractivity contribution in [2.75, 3.05) is 37.6 Å². The molecule has 1 fully saturated rings. The fraction of sp³-hybridized carbons (Fsp3) is 0.321. The fourth-order valence-corrected chi connectivity index (χ4v) is 5.39. The van der Waals surface area contributed by atoms with Gasteiger partial charge in [0.1, 0.15) is 6.33 Å². The molecule has 36 heavy (non-hydrogen) atoms. The summed E-state index contributed by atoms with van der Waals surface area (Å²) in [7, 11) is 0. The van der Waals surface area contributed by atoms with E-state index in [1.54, 1.807) is 6.33 Å². The molecule has 182 valence electrons. The molecule has 2 aromatic carbocycles. The van der Waals surface area contributed by atoms with Gasteiger partial charge in [0, 0.05) is 37.1 Å². The number of anilines is 1. The van der Waals surface area contributed by atoms with Crippen molar-refractivity contribution in [2.45, 2.75) is 19.4 Å². The van der Waals surface area contributed by atoms with Crippen LogP contribution in [-0.4, -0.2) is 52.1 Å². The third-order valence-electron chi connectivity index (χ3n) is 7.33. The molecule has 6 rings (SSSR count). The lowest BCUT2D eigenvalue weighted by atomic mass is 10.1.